The molecule has 0 spiro atoms. The maximum absolute atomic E-state index is 12.8. The van der Waals surface area contributed by atoms with Crippen LogP contribution in [0, 0.1) is 6.61 Å². The van der Waals surface area contributed by atoms with E-state index >= 15 is 0 Å². The largest absolute Gasteiger partial charge is 0.416 e. The summed E-state index contributed by atoms with van der Waals surface area (Å²) in [6, 6.07) is 3.83. The lowest BCUT2D eigenvalue weighted by Gasteiger charge is -2.24. The normalized spacial score (nSPS) is 12.9. The van der Waals surface area contributed by atoms with Gasteiger partial charge in [-0.1, -0.05) is 32.9 Å². The first-order chi connectivity index (χ1) is 7.16. The number of rotatable bonds is 1. The highest BCUT2D eigenvalue weighted by Crippen LogP contribution is 2.38. The van der Waals surface area contributed by atoms with Crippen molar-refractivity contribution < 1.29 is 18.3 Å². The van der Waals surface area contributed by atoms with Crippen molar-refractivity contribution >= 4 is 0 Å². The summed E-state index contributed by atoms with van der Waals surface area (Å²) in [5, 5.41) is 8.73. The fourth-order valence-electron chi connectivity index (χ4n) is 1.53. The number of hydrogen-bond donors (Lipinski definition) is 1. The minimum atomic E-state index is -4.40. The van der Waals surface area contributed by atoms with Crippen LogP contribution in [0.3, 0.4) is 0 Å². The van der Waals surface area contributed by atoms with Gasteiger partial charge in [0.05, 0.1) is 5.56 Å². The van der Waals surface area contributed by atoms with Gasteiger partial charge in [0.2, 0.25) is 0 Å². The van der Waals surface area contributed by atoms with Gasteiger partial charge in [0, 0.05) is 0 Å². The minimum Gasteiger partial charge on any atom is -0.385 e. The van der Waals surface area contributed by atoms with Crippen LogP contribution in [0.25, 0.3) is 0 Å². The molecule has 0 aliphatic heterocycles. The lowest BCUT2D eigenvalue weighted by molar-refractivity contribution is -0.138. The van der Waals surface area contributed by atoms with Gasteiger partial charge in [0.25, 0.3) is 0 Å². The van der Waals surface area contributed by atoms with Crippen molar-refractivity contribution in [3.05, 3.63) is 41.5 Å². The Labute approximate surface area is 92.9 Å². The Morgan fingerprint density at radius 1 is 1.06 bits per heavy atom. The topological polar surface area (TPSA) is 20.2 Å². The van der Waals surface area contributed by atoms with Gasteiger partial charge in [-0.15, -0.1) is 0 Å². The molecule has 16 heavy (non-hydrogen) atoms. The molecule has 0 bridgehead atoms. The number of halogens is 3. The molecule has 0 amide bonds. The molecule has 1 rings (SSSR count). The van der Waals surface area contributed by atoms with Crippen molar-refractivity contribution in [1.29, 1.82) is 0 Å². The van der Waals surface area contributed by atoms with Gasteiger partial charge in [-0.25, -0.2) is 0 Å². The third-order valence-electron chi connectivity index (χ3n) is 2.31. The first-order valence-electron chi connectivity index (χ1n) is 4.85. The Morgan fingerprint density at radius 2 is 1.62 bits per heavy atom. The minimum absolute atomic E-state index is 0.153. The molecule has 1 radical (unpaired) electrons. The molecule has 0 fully saturated rings. The molecule has 4 heteroatoms. The Kier molecular flexibility index (Phi) is 3.33. The van der Waals surface area contributed by atoms with E-state index in [0.29, 0.717) is 6.61 Å². The monoisotopic (exact) mass is 231 g/mol. The molecule has 0 aliphatic carbocycles. The van der Waals surface area contributed by atoms with Crippen LogP contribution < -0.4 is 0 Å². The summed E-state index contributed by atoms with van der Waals surface area (Å²) in [6.07, 6.45) is -4.40. The van der Waals surface area contributed by atoms with Crippen LogP contribution in [0.15, 0.2) is 18.2 Å². The summed E-state index contributed by atoms with van der Waals surface area (Å²) in [4.78, 5) is 0. The standard InChI is InChI=1S/C12H14F3O/c1-11(2,3)9-5-4-8(7-16)6-10(9)12(13,14)15/h4-7,16H,1-3H3. The van der Waals surface area contributed by atoms with E-state index in [2.05, 4.69) is 0 Å². The summed E-state index contributed by atoms with van der Waals surface area (Å²) >= 11 is 0. The Balaban J connectivity index is 3.40. The van der Waals surface area contributed by atoms with Crippen LogP contribution in [0.4, 0.5) is 13.2 Å². The van der Waals surface area contributed by atoms with Crippen LogP contribution in [-0.2, 0) is 11.6 Å². The van der Waals surface area contributed by atoms with Crippen molar-refractivity contribution in [3.63, 3.8) is 0 Å². The maximum Gasteiger partial charge on any atom is 0.416 e. The van der Waals surface area contributed by atoms with E-state index in [1.165, 1.54) is 12.1 Å². The first-order valence-corrected chi connectivity index (χ1v) is 4.85. The number of aliphatic hydroxyl groups excluding tert-OH is 1. The molecule has 1 aromatic carbocycles. The summed E-state index contributed by atoms with van der Waals surface area (Å²) in [6.45, 7) is 5.83. The maximum atomic E-state index is 12.8. The quantitative estimate of drug-likeness (QED) is 0.777. The predicted molar refractivity (Wildman–Crippen MR) is 55.5 cm³/mol. The third-order valence-corrected chi connectivity index (χ3v) is 2.31. The van der Waals surface area contributed by atoms with Crippen LogP contribution in [0.2, 0.25) is 0 Å². The van der Waals surface area contributed by atoms with Gasteiger partial charge in [0.1, 0.15) is 6.61 Å². The molecular formula is C12H14F3O. The van der Waals surface area contributed by atoms with Crippen molar-refractivity contribution in [2.45, 2.75) is 32.4 Å². The molecule has 0 atom stereocenters. The second-order valence-electron chi connectivity index (χ2n) is 4.68. The lowest BCUT2D eigenvalue weighted by Crippen LogP contribution is -2.19. The lowest BCUT2D eigenvalue weighted by atomic mass is 9.83. The van der Waals surface area contributed by atoms with Gasteiger partial charge in [0.15, 0.2) is 0 Å². The molecule has 1 aromatic rings. The average molecular weight is 231 g/mol. The van der Waals surface area contributed by atoms with E-state index in [4.69, 9.17) is 5.11 Å². The molecule has 0 heterocycles. The van der Waals surface area contributed by atoms with Crippen LogP contribution in [0.1, 0.15) is 37.5 Å². The van der Waals surface area contributed by atoms with Crippen molar-refractivity contribution in [3.8, 4) is 0 Å². The average Bonchev–Trinajstić information content (AvgIpc) is 2.14. The van der Waals surface area contributed by atoms with E-state index in [-0.39, 0.29) is 11.1 Å². The number of alkyl halides is 3. The molecule has 0 unspecified atom stereocenters. The zero-order chi connectivity index (χ0) is 12.6. The Morgan fingerprint density at radius 3 is 2.00 bits per heavy atom. The molecular weight excluding hydrogens is 217 g/mol. The molecule has 0 saturated heterocycles. The highest BCUT2D eigenvalue weighted by atomic mass is 19.4. The fourth-order valence-corrected chi connectivity index (χ4v) is 1.53. The highest BCUT2D eigenvalue weighted by molar-refractivity contribution is 5.39. The Hall–Kier alpha value is -1.03. The van der Waals surface area contributed by atoms with Gasteiger partial charge in [-0.2, -0.15) is 13.2 Å². The van der Waals surface area contributed by atoms with E-state index in [9.17, 15) is 13.2 Å². The zero-order valence-electron chi connectivity index (χ0n) is 9.39. The van der Waals surface area contributed by atoms with Crippen LogP contribution in [0.5, 0.6) is 0 Å². The third kappa shape index (κ3) is 2.76. The molecule has 1 nitrogen and oxygen atoms in total. The SMILES string of the molecule is CC(C)(C)c1ccc([CH]O)cc1C(F)(F)F. The predicted octanol–water partition coefficient (Wildman–Crippen LogP) is 3.89. The Bertz CT molecular complexity index is 375. The number of aliphatic hydroxyl groups is 1. The van der Waals surface area contributed by atoms with Gasteiger partial charge in [-0.3, -0.25) is 0 Å². The summed E-state index contributed by atoms with van der Waals surface area (Å²) in [7, 11) is 0. The van der Waals surface area contributed by atoms with Crippen LogP contribution in [-0.4, -0.2) is 5.11 Å². The zero-order valence-corrected chi connectivity index (χ0v) is 9.39. The van der Waals surface area contributed by atoms with E-state index < -0.39 is 17.2 Å². The van der Waals surface area contributed by atoms with Crippen molar-refractivity contribution in [2.24, 2.45) is 0 Å². The molecule has 0 saturated carbocycles. The van der Waals surface area contributed by atoms with Crippen LogP contribution >= 0.6 is 0 Å². The second-order valence-corrected chi connectivity index (χ2v) is 4.68. The number of benzene rings is 1. The van der Waals surface area contributed by atoms with Gasteiger partial charge < -0.3 is 5.11 Å². The second kappa shape index (κ2) is 4.09. The van der Waals surface area contributed by atoms with E-state index in [0.717, 1.165) is 6.07 Å². The first kappa shape index (κ1) is 13.0. The summed E-state index contributed by atoms with van der Waals surface area (Å²) in [5.41, 5.74) is -0.896. The molecule has 89 valence electrons. The van der Waals surface area contributed by atoms with E-state index in [1.54, 1.807) is 20.8 Å². The molecule has 0 aliphatic rings. The van der Waals surface area contributed by atoms with Crippen molar-refractivity contribution in [2.75, 3.05) is 0 Å². The number of hydrogen-bond acceptors (Lipinski definition) is 1. The fraction of sp³-hybridized carbons (Fsp3) is 0.417. The van der Waals surface area contributed by atoms with Gasteiger partial charge >= 0.3 is 6.18 Å². The van der Waals surface area contributed by atoms with Crippen molar-refractivity contribution in [1.82, 2.24) is 0 Å². The smallest absolute Gasteiger partial charge is 0.385 e. The van der Waals surface area contributed by atoms with Gasteiger partial charge in [-0.05, 0) is 22.6 Å². The molecule has 0 aromatic heterocycles. The molecule has 1 N–H and O–H groups in total. The summed E-state index contributed by atoms with van der Waals surface area (Å²) in [5.74, 6) is 0. The summed E-state index contributed by atoms with van der Waals surface area (Å²) < 4.78 is 38.4. The highest BCUT2D eigenvalue weighted by Gasteiger charge is 2.36. The van der Waals surface area contributed by atoms with E-state index in [1.807, 2.05) is 0 Å².